The van der Waals surface area contributed by atoms with Crippen LogP contribution in [0.5, 0.6) is 0 Å². The summed E-state index contributed by atoms with van der Waals surface area (Å²) in [5.41, 5.74) is 9.81. The fourth-order valence-electron chi connectivity index (χ4n) is 2.12. The van der Waals surface area contributed by atoms with E-state index in [9.17, 15) is 28.8 Å². The molecule has 2 aliphatic heterocycles. The van der Waals surface area contributed by atoms with Crippen LogP contribution in [0.15, 0.2) is 0 Å². The van der Waals surface area contributed by atoms with E-state index in [0.717, 1.165) is 19.4 Å². The van der Waals surface area contributed by atoms with Crippen molar-refractivity contribution in [1.82, 2.24) is 10.6 Å². The number of carbonyl (C=O) groups excluding carboxylic acids is 2. The zero-order valence-corrected chi connectivity index (χ0v) is 18.1. The molecule has 0 saturated carbocycles. The van der Waals surface area contributed by atoms with E-state index in [-0.39, 0.29) is 24.8 Å². The Bertz CT molecular complexity index is 678. The fourth-order valence-corrected chi connectivity index (χ4v) is 2.12. The second-order valence-electron chi connectivity index (χ2n) is 6.95. The molecule has 0 bridgehead atoms. The Hall–Kier alpha value is -3.30. The molecule has 11 N–H and O–H groups in total. The van der Waals surface area contributed by atoms with Gasteiger partial charge in [-0.1, -0.05) is 0 Å². The fraction of sp³-hybridized carbons (Fsp3) is 0.667. The second-order valence-corrected chi connectivity index (χ2v) is 6.95. The standard InChI is InChI=1S/C5H10N2O3.C5H7NO3.C5H9NO2.C3H6O3/c6-3(5(9)10)1-2-4(7)8;7-4-2-1-3(6-4)5(8)9;7-5(8)4-2-1-3-6-4;1-2(4)3(5)6/h3H,1-2,6H2,(H2,7,8)(H,9,10);3H,1-2H2,(H,6,7)(H,8,9);4,6H,1-3H2,(H,7,8);2,4H,1H3,(H,5,6)/t2*3-;4-;2-/m0000/s1. The van der Waals surface area contributed by atoms with Crippen molar-refractivity contribution in [3.63, 3.8) is 0 Å². The molecule has 0 aliphatic carbocycles. The maximum atomic E-state index is 10.4. The van der Waals surface area contributed by atoms with Crippen molar-refractivity contribution in [2.45, 2.75) is 69.7 Å². The van der Waals surface area contributed by atoms with Crippen LogP contribution in [0.2, 0.25) is 0 Å². The van der Waals surface area contributed by atoms with E-state index in [2.05, 4.69) is 10.6 Å². The lowest BCUT2D eigenvalue weighted by atomic mass is 10.2. The predicted octanol–water partition coefficient (Wildman–Crippen LogP) is -2.71. The molecule has 190 valence electrons. The van der Waals surface area contributed by atoms with Gasteiger partial charge in [0.05, 0.1) is 0 Å². The highest BCUT2D eigenvalue weighted by Crippen LogP contribution is 2.05. The molecule has 4 atom stereocenters. The van der Waals surface area contributed by atoms with Crippen molar-refractivity contribution >= 4 is 35.7 Å². The summed E-state index contributed by atoms with van der Waals surface area (Å²) in [5, 5.41) is 45.8. The van der Waals surface area contributed by atoms with Crippen LogP contribution in [0, 0.1) is 0 Å². The molecule has 2 saturated heterocycles. The first-order valence-electron chi connectivity index (χ1n) is 9.84. The van der Waals surface area contributed by atoms with Gasteiger partial charge < -0.3 is 47.6 Å². The molecule has 2 amide bonds. The summed E-state index contributed by atoms with van der Waals surface area (Å²) in [4.78, 5) is 60.2. The number of carboxylic acid groups (broad SMARTS) is 4. The number of carboxylic acids is 4. The first kappa shape index (κ1) is 31.9. The van der Waals surface area contributed by atoms with E-state index in [0.29, 0.717) is 12.8 Å². The van der Waals surface area contributed by atoms with Crippen molar-refractivity contribution in [2.24, 2.45) is 11.5 Å². The van der Waals surface area contributed by atoms with Crippen molar-refractivity contribution in [1.29, 1.82) is 0 Å². The molecule has 33 heavy (non-hydrogen) atoms. The van der Waals surface area contributed by atoms with Gasteiger partial charge in [0.25, 0.3) is 0 Å². The molecule has 0 aromatic carbocycles. The van der Waals surface area contributed by atoms with Crippen molar-refractivity contribution in [2.75, 3.05) is 6.54 Å². The Labute approximate surface area is 189 Å². The average molecular weight is 480 g/mol. The van der Waals surface area contributed by atoms with Gasteiger partial charge >= 0.3 is 23.9 Å². The number of rotatable bonds is 7. The first-order valence-corrected chi connectivity index (χ1v) is 9.84. The average Bonchev–Trinajstić information content (AvgIpc) is 3.39. The van der Waals surface area contributed by atoms with Gasteiger partial charge in [-0.3, -0.25) is 19.2 Å². The maximum absolute atomic E-state index is 10.4. The molecule has 15 nitrogen and oxygen atoms in total. The molecule has 2 heterocycles. The number of primary amides is 1. The van der Waals surface area contributed by atoms with Crippen LogP contribution in [0.25, 0.3) is 0 Å². The molecular weight excluding hydrogens is 448 g/mol. The van der Waals surface area contributed by atoms with Gasteiger partial charge in [-0.25, -0.2) is 9.59 Å². The molecule has 2 rings (SSSR count). The number of hydrogen-bond acceptors (Lipinski definition) is 9. The highest BCUT2D eigenvalue weighted by molar-refractivity contribution is 5.87. The Balaban J connectivity index is 0. The third-order valence-corrected chi connectivity index (χ3v) is 4.03. The molecule has 15 heteroatoms. The van der Waals surface area contributed by atoms with Gasteiger partial charge in [0.2, 0.25) is 11.8 Å². The minimum Gasteiger partial charge on any atom is -0.480 e. The largest absolute Gasteiger partial charge is 0.480 e. The number of aliphatic hydroxyl groups is 1. The van der Waals surface area contributed by atoms with Gasteiger partial charge in [-0.2, -0.15) is 0 Å². The Kier molecular flexibility index (Phi) is 16.7. The minimum atomic E-state index is -1.23. The topological polar surface area (TPSA) is 280 Å². The Morgan fingerprint density at radius 3 is 1.73 bits per heavy atom. The zero-order chi connectivity index (χ0) is 26.1. The lowest BCUT2D eigenvalue weighted by molar-refractivity contribution is -0.145. The quantitative estimate of drug-likeness (QED) is 0.179. The SMILES string of the molecule is C[C@H](O)C(=O)O.NC(=O)CC[C@H](N)C(=O)O.O=C(O)[C@@H]1CCCN1.O=C1CC[C@@H](C(=O)O)N1. The minimum absolute atomic E-state index is 0.0213. The molecule has 2 fully saturated rings. The summed E-state index contributed by atoms with van der Waals surface area (Å²) in [5.74, 6) is -4.65. The number of nitrogens with one attached hydrogen (secondary N) is 2. The predicted molar refractivity (Wildman–Crippen MR) is 111 cm³/mol. The van der Waals surface area contributed by atoms with Crippen LogP contribution < -0.4 is 22.1 Å². The molecule has 0 aromatic rings. The number of amides is 2. The van der Waals surface area contributed by atoms with Crippen molar-refractivity contribution in [3.8, 4) is 0 Å². The van der Waals surface area contributed by atoms with Gasteiger partial charge in [0.15, 0.2) is 0 Å². The lowest BCUT2D eigenvalue weighted by Gasteiger charge is -2.01. The molecule has 0 aromatic heterocycles. The van der Waals surface area contributed by atoms with E-state index >= 15 is 0 Å². The van der Waals surface area contributed by atoms with Gasteiger partial charge in [0, 0.05) is 12.8 Å². The van der Waals surface area contributed by atoms with Gasteiger partial charge in [-0.05, 0) is 39.2 Å². The molecule has 2 aliphatic rings. The summed E-state index contributed by atoms with van der Waals surface area (Å²) in [7, 11) is 0. The van der Waals surface area contributed by atoms with E-state index in [1.165, 1.54) is 6.92 Å². The molecular formula is C18H32N4O11. The second kappa shape index (κ2) is 17.3. The summed E-state index contributed by atoms with van der Waals surface area (Å²) in [6.07, 6.45) is 1.44. The number of aliphatic carboxylic acids is 4. The highest BCUT2D eigenvalue weighted by Gasteiger charge is 2.26. The third-order valence-electron chi connectivity index (χ3n) is 4.03. The normalized spacial score (nSPS) is 20.2. The summed E-state index contributed by atoms with van der Waals surface area (Å²) in [6, 6.07) is -1.89. The van der Waals surface area contributed by atoms with Crippen LogP contribution in [0.3, 0.4) is 0 Å². The van der Waals surface area contributed by atoms with Crippen LogP contribution in [0.4, 0.5) is 0 Å². The van der Waals surface area contributed by atoms with E-state index in [1.807, 2.05) is 0 Å². The Morgan fingerprint density at radius 2 is 1.52 bits per heavy atom. The van der Waals surface area contributed by atoms with Crippen LogP contribution in [-0.4, -0.2) is 92.0 Å². The highest BCUT2D eigenvalue weighted by atomic mass is 16.4. The van der Waals surface area contributed by atoms with E-state index in [1.54, 1.807) is 0 Å². The van der Waals surface area contributed by atoms with Gasteiger partial charge in [-0.15, -0.1) is 0 Å². The van der Waals surface area contributed by atoms with E-state index < -0.39 is 48.0 Å². The van der Waals surface area contributed by atoms with Crippen molar-refractivity contribution in [3.05, 3.63) is 0 Å². The smallest absolute Gasteiger partial charge is 0.332 e. The molecule has 0 spiro atoms. The summed E-state index contributed by atoms with van der Waals surface area (Å²) < 4.78 is 0. The number of hydrogen-bond donors (Lipinski definition) is 9. The zero-order valence-electron chi connectivity index (χ0n) is 18.1. The third kappa shape index (κ3) is 18.0. The number of carbonyl (C=O) groups is 6. The Morgan fingerprint density at radius 1 is 1.00 bits per heavy atom. The summed E-state index contributed by atoms with van der Waals surface area (Å²) in [6.45, 7) is 2.05. The first-order chi connectivity index (χ1) is 15.2. The number of aliphatic hydroxyl groups excluding tert-OH is 1. The molecule has 0 unspecified atom stereocenters. The maximum Gasteiger partial charge on any atom is 0.332 e. The van der Waals surface area contributed by atoms with Gasteiger partial charge in [0.1, 0.15) is 24.2 Å². The van der Waals surface area contributed by atoms with E-state index in [4.69, 9.17) is 37.0 Å². The summed E-state index contributed by atoms with van der Waals surface area (Å²) >= 11 is 0. The number of nitrogens with two attached hydrogens (primary N) is 2. The molecule has 0 radical (unpaired) electrons. The van der Waals surface area contributed by atoms with Crippen LogP contribution in [0.1, 0.15) is 45.4 Å². The van der Waals surface area contributed by atoms with Crippen molar-refractivity contribution < 1.29 is 54.3 Å². The monoisotopic (exact) mass is 480 g/mol. The lowest BCUT2D eigenvalue weighted by Crippen LogP contribution is -2.32. The van der Waals surface area contributed by atoms with Crippen LogP contribution in [-0.2, 0) is 28.8 Å². The van der Waals surface area contributed by atoms with Crippen LogP contribution >= 0.6 is 0 Å².